The van der Waals surface area contributed by atoms with Gasteiger partial charge < -0.3 is 5.11 Å². The molecule has 2 aromatic rings. The Morgan fingerprint density at radius 1 is 0.893 bits per heavy atom. The van der Waals surface area contributed by atoms with Crippen molar-refractivity contribution in [1.29, 1.82) is 0 Å². The van der Waals surface area contributed by atoms with Gasteiger partial charge in [-0.05, 0) is 29.2 Å². The Hall–Kier alpha value is -2.37. The predicted molar refractivity (Wildman–Crippen MR) is 102 cm³/mol. The number of imide groups is 1. The summed E-state index contributed by atoms with van der Waals surface area (Å²) in [5.74, 6) is -4.37. The molecule has 0 aromatic heterocycles. The van der Waals surface area contributed by atoms with Gasteiger partial charge in [-0.15, -0.1) is 23.2 Å². The smallest absolute Gasteiger partial charge is 0.326 e. The molecule has 6 rings (SSSR count). The third-order valence-electron chi connectivity index (χ3n) is 6.36. The molecule has 3 aliphatic carbocycles. The van der Waals surface area contributed by atoms with E-state index in [9.17, 15) is 19.5 Å². The molecule has 5 nitrogen and oxygen atoms in total. The van der Waals surface area contributed by atoms with Crippen LogP contribution in [0.3, 0.4) is 0 Å². The molecule has 2 aromatic carbocycles. The maximum Gasteiger partial charge on any atom is 0.326 e. The lowest BCUT2D eigenvalue weighted by Gasteiger charge is -2.54. The Kier molecular flexibility index (Phi) is 3.39. The predicted octanol–water partition coefficient (Wildman–Crippen LogP) is 3.05. The first-order valence-corrected chi connectivity index (χ1v) is 9.68. The molecule has 142 valence electrons. The molecule has 0 spiro atoms. The summed E-state index contributed by atoms with van der Waals surface area (Å²) in [5, 5.41) is 9.42. The second-order valence-corrected chi connectivity index (χ2v) is 8.72. The standard InChI is InChI=1S/C21H15Cl2NO4/c1-10(19(27)28)24-17(25)15-16(18(24)26)21(23)12-7-3-2-6-11(12)20(15,22)13-8-4-5-9-14(13)21/h2-10,15-16H,1H3,(H,27,28)/t10-,15+,16+,20?,21?/m1/s1. The number of carbonyl (C=O) groups is 3. The molecule has 3 atom stereocenters. The van der Waals surface area contributed by atoms with Crippen LogP contribution in [0.15, 0.2) is 48.5 Å². The van der Waals surface area contributed by atoms with Gasteiger partial charge in [0.05, 0.1) is 11.8 Å². The first kappa shape index (κ1) is 17.7. The SMILES string of the molecule is C[C@H](C(=O)O)N1C(=O)[C@@H]2[C@@H](C1=O)C1(Cl)c3ccccc3C2(Cl)c2ccccc21. The number of aliphatic carboxylic acids is 1. The van der Waals surface area contributed by atoms with Crippen molar-refractivity contribution in [3.63, 3.8) is 0 Å². The molecule has 28 heavy (non-hydrogen) atoms. The molecule has 1 aliphatic heterocycles. The van der Waals surface area contributed by atoms with Crippen LogP contribution in [-0.2, 0) is 24.1 Å². The van der Waals surface area contributed by atoms with Crippen molar-refractivity contribution in [2.24, 2.45) is 11.8 Å². The van der Waals surface area contributed by atoms with E-state index in [1.165, 1.54) is 6.92 Å². The van der Waals surface area contributed by atoms with Crippen LogP contribution in [-0.4, -0.2) is 33.8 Å². The van der Waals surface area contributed by atoms with Gasteiger partial charge in [-0.1, -0.05) is 48.5 Å². The normalized spacial score (nSPS) is 33.3. The third kappa shape index (κ3) is 1.73. The van der Waals surface area contributed by atoms with Gasteiger partial charge in [-0.2, -0.15) is 0 Å². The number of amides is 2. The van der Waals surface area contributed by atoms with Crippen LogP contribution in [0.25, 0.3) is 0 Å². The Morgan fingerprint density at radius 2 is 1.21 bits per heavy atom. The first-order chi connectivity index (χ1) is 13.3. The van der Waals surface area contributed by atoms with Gasteiger partial charge in [0, 0.05) is 0 Å². The summed E-state index contributed by atoms with van der Waals surface area (Å²) in [6, 6.07) is 13.3. The zero-order valence-corrected chi connectivity index (χ0v) is 16.2. The topological polar surface area (TPSA) is 74.7 Å². The molecule has 1 N–H and O–H groups in total. The summed E-state index contributed by atoms with van der Waals surface area (Å²) >= 11 is 14.5. The zero-order chi connectivity index (χ0) is 20.0. The molecule has 0 radical (unpaired) electrons. The largest absolute Gasteiger partial charge is 0.480 e. The molecule has 7 heteroatoms. The van der Waals surface area contributed by atoms with Crippen molar-refractivity contribution < 1.29 is 19.5 Å². The average molecular weight is 416 g/mol. The van der Waals surface area contributed by atoms with Crippen molar-refractivity contribution in [3.05, 3.63) is 70.8 Å². The van der Waals surface area contributed by atoms with Crippen molar-refractivity contribution in [1.82, 2.24) is 4.90 Å². The van der Waals surface area contributed by atoms with Gasteiger partial charge in [0.2, 0.25) is 11.8 Å². The molecule has 2 bridgehead atoms. The lowest BCUT2D eigenvalue weighted by atomic mass is 9.54. The van der Waals surface area contributed by atoms with Crippen LogP contribution >= 0.6 is 23.2 Å². The molecule has 4 aliphatic rings. The van der Waals surface area contributed by atoms with Crippen molar-refractivity contribution in [2.45, 2.75) is 22.7 Å². The lowest BCUT2D eigenvalue weighted by Crippen LogP contribution is -2.57. The molecule has 0 saturated carbocycles. The minimum absolute atomic E-state index is 0.589. The van der Waals surface area contributed by atoms with Crippen LogP contribution in [0, 0.1) is 11.8 Å². The minimum Gasteiger partial charge on any atom is -0.480 e. The maximum atomic E-state index is 13.4. The molecule has 1 fully saturated rings. The van der Waals surface area contributed by atoms with Gasteiger partial charge in [0.15, 0.2) is 0 Å². The first-order valence-electron chi connectivity index (χ1n) is 8.93. The Bertz CT molecular complexity index is 960. The third-order valence-corrected chi connectivity index (χ3v) is 7.65. The van der Waals surface area contributed by atoms with E-state index in [2.05, 4.69) is 0 Å². The van der Waals surface area contributed by atoms with E-state index in [4.69, 9.17) is 23.2 Å². The van der Waals surface area contributed by atoms with Crippen LogP contribution in [0.1, 0.15) is 29.2 Å². The monoisotopic (exact) mass is 415 g/mol. The van der Waals surface area contributed by atoms with Crippen molar-refractivity contribution in [3.8, 4) is 0 Å². The van der Waals surface area contributed by atoms with E-state index < -0.39 is 45.4 Å². The fourth-order valence-corrected chi connectivity index (χ4v) is 6.28. The van der Waals surface area contributed by atoms with E-state index >= 15 is 0 Å². The second-order valence-electron chi connectivity index (χ2n) is 7.53. The molecular formula is C21H15Cl2NO4. The van der Waals surface area contributed by atoms with Gasteiger partial charge >= 0.3 is 5.97 Å². The fourth-order valence-electron chi connectivity index (χ4n) is 5.18. The van der Waals surface area contributed by atoms with Crippen LogP contribution in [0.4, 0.5) is 0 Å². The molecule has 1 heterocycles. The fraction of sp³-hybridized carbons (Fsp3) is 0.286. The zero-order valence-electron chi connectivity index (χ0n) is 14.7. The number of likely N-dealkylation sites (tertiary alicyclic amines) is 1. The minimum atomic E-state index is -1.29. The highest BCUT2D eigenvalue weighted by Crippen LogP contribution is 2.69. The van der Waals surface area contributed by atoms with Gasteiger partial charge in [0.1, 0.15) is 15.8 Å². The highest BCUT2D eigenvalue weighted by Gasteiger charge is 2.73. The Morgan fingerprint density at radius 3 is 1.50 bits per heavy atom. The number of nitrogens with zero attached hydrogens (tertiary/aromatic N) is 1. The van der Waals surface area contributed by atoms with E-state index in [1.807, 2.05) is 48.5 Å². The average Bonchev–Trinajstić information content (AvgIpc) is 2.97. The molecule has 0 unspecified atom stereocenters. The van der Waals surface area contributed by atoms with E-state index in [-0.39, 0.29) is 0 Å². The van der Waals surface area contributed by atoms with Gasteiger partial charge in [-0.3, -0.25) is 14.5 Å². The lowest BCUT2D eigenvalue weighted by molar-refractivity contribution is -0.154. The maximum absolute atomic E-state index is 13.4. The number of carboxylic acid groups (broad SMARTS) is 1. The van der Waals surface area contributed by atoms with Crippen LogP contribution in [0.5, 0.6) is 0 Å². The van der Waals surface area contributed by atoms with Crippen LogP contribution < -0.4 is 0 Å². The summed E-state index contributed by atoms with van der Waals surface area (Å²) in [7, 11) is 0. The molecular weight excluding hydrogens is 401 g/mol. The second kappa shape index (κ2) is 5.37. The number of halogens is 2. The highest BCUT2D eigenvalue weighted by molar-refractivity contribution is 6.36. The Labute approximate surface area is 170 Å². The number of benzene rings is 2. The summed E-state index contributed by atoms with van der Waals surface area (Å²) in [6.07, 6.45) is 0. The van der Waals surface area contributed by atoms with Crippen molar-refractivity contribution >= 4 is 41.0 Å². The number of carboxylic acids is 1. The van der Waals surface area contributed by atoms with E-state index in [1.54, 1.807) is 0 Å². The summed E-state index contributed by atoms with van der Waals surface area (Å²) in [4.78, 5) is 36.5. The van der Waals surface area contributed by atoms with Gasteiger partial charge in [0.25, 0.3) is 0 Å². The summed E-state index contributed by atoms with van der Waals surface area (Å²) < 4.78 is 0. The molecule has 1 saturated heterocycles. The van der Waals surface area contributed by atoms with E-state index in [0.29, 0.717) is 22.3 Å². The quantitative estimate of drug-likeness (QED) is 0.603. The Balaban J connectivity index is 1.86. The number of hydrogen-bond donors (Lipinski definition) is 1. The van der Waals surface area contributed by atoms with E-state index in [0.717, 1.165) is 4.90 Å². The van der Waals surface area contributed by atoms with Crippen LogP contribution in [0.2, 0.25) is 0 Å². The molecule has 2 amide bonds. The van der Waals surface area contributed by atoms with Gasteiger partial charge in [-0.25, -0.2) is 4.79 Å². The number of alkyl halides is 2. The highest BCUT2D eigenvalue weighted by atomic mass is 35.5. The number of hydrogen-bond acceptors (Lipinski definition) is 3. The van der Waals surface area contributed by atoms with Crippen molar-refractivity contribution in [2.75, 3.05) is 0 Å². The summed E-state index contributed by atoms with van der Waals surface area (Å²) in [6.45, 7) is 1.32. The number of rotatable bonds is 2. The number of carbonyl (C=O) groups excluding carboxylic acids is 2. The summed E-state index contributed by atoms with van der Waals surface area (Å²) in [5.41, 5.74) is 2.77.